The predicted molar refractivity (Wildman–Crippen MR) is 82.3 cm³/mol. The van der Waals surface area contributed by atoms with Crippen molar-refractivity contribution in [1.82, 2.24) is 9.62 Å². The fraction of sp³-hybridized carbons (Fsp3) is 0.538. The van der Waals surface area contributed by atoms with Crippen LogP contribution in [0.25, 0.3) is 0 Å². The molecule has 1 atom stereocenters. The Morgan fingerprint density at radius 3 is 2.55 bits per heavy atom. The first-order valence-electron chi connectivity index (χ1n) is 6.42. The molecule has 1 rings (SSSR count). The summed E-state index contributed by atoms with van der Waals surface area (Å²) in [5.41, 5.74) is 6.30. The largest absolute Gasteiger partial charge is 0.326 e. The van der Waals surface area contributed by atoms with E-state index >= 15 is 0 Å². The maximum atomic E-state index is 12.3. The highest BCUT2D eigenvalue weighted by Crippen LogP contribution is 2.22. The molecule has 0 aliphatic heterocycles. The number of benzene rings is 1. The zero-order chi connectivity index (χ0) is 15.3. The van der Waals surface area contributed by atoms with Gasteiger partial charge in [-0.3, -0.25) is 0 Å². The smallest absolute Gasteiger partial charge is 0.242 e. The number of hydrogen-bond donors (Lipinski definition) is 2. The molecule has 114 valence electrons. The molecule has 0 amide bonds. The summed E-state index contributed by atoms with van der Waals surface area (Å²) in [5, 5.41) is 0.195. The third kappa shape index (κ3) is 5.03. The van der Waals surface area contributed by atoms with Gasteiger partial charge in [-0.05, 0) is 51.7 Å². The van der Waals surface area contributed by atoms with E-state index in [9.17, 15) is 8.42 Å². The van der Waals surface area contributed by atoms with Gasteiger partial charge in [-0.1, -0.05) is 17.7 Å². The van der Waals surface area contributed by atoms with Crippen molar-refractivity contribution >= 4 is 21.6 Å². The third-order valence-corrected chi connectivity index (χ3v) is 4.96. The number of halogens is 1. The number of nitrogens with one attached hydrogen (secondary N) is 1. The van der Waals surface area contributed by atoms with Crippen molar-refractivity contribution < 1.29 is 8.42 Å². The van der Waals surface area contributed by atoms with Crippen LogP contribution >= 0.6 is 11.6 Å². The fourth-order valence-electron chi connectivity index (χ4n) is 1.73. The maximum Gasteiger partial charge on any atom is 0.242 e. The summed E-state index contributed by atoms with van der Waals surface area (Å²) in [5.74, 6) is 0. The quantitative estimate of drug-likeness (QED) is 0.797. The summed E-state index contributed by atoms with van der Waals surface area (Å²) in [6.07, 6.45) is 0.727. The Morgan fingerprint density at radius 2 is 2.05 bits per heavy atom. The van der Waals surface area contributed by atoms with Crippen molar-refractivity contribution in [3.63, 3.8) is 0 Å². The molecule has 0 aromatic heterocycles. The average Bonchev–Trinajstić information content (AvgIpc) is 2.35. The zero-order valence-corrected chi connectivity index (χ0v) is 13.6. The van der Waals surface area contributed by atoms with Crippen molar-refractivity contribution in [3.05, 3.63) is 28.8 Å². The van der Waals surface area contributed by atoms with Crippen LogP contribution < -0.4 is 10.5 Å². The van der Waals surface area contributed by atoms with Crippen molar-refractivity contribution in [2.45, 2.75) is 30.8 Å². The molecule has 1 aromatic rings. The van der Waals surface area contributed by atoms with Gasteiger partial charge >= 0.3 is 0 Å². The van der Waals surface area contributed by atoms with Gasteiger partial charge in [0.15, 0.2) is 0 Å². The first-order chi connectivity index (χ1) is 9.26. The van der Waals surface area contributed by atoms with Crippen LogP contribution in [0.5, 0.6) is 0 Å². The summed E-state index contributed by atoms with van der Waals surface area (Å²) < 4.78 is 27.2. The molecule has 0 heterocycles. The van der Waals surface area contributed by atoms with Gasteiger partial charge in [0.2, 0.25) is 10.0 Å². The Kier molecular flexibility index (Phi) is 6.42. The van der Waals surface area contributed by atoms with Gasteiger partial charge in [-0.2, -0.15) is 0 Å². The van der Waals surface area contributed by atoms with Crippen LogP contribution in [0.3, 0.4) is 0 Å². The number of rotatable bonds is 7. The third-order valence-electron chi connectivity index (χ3n) is 2.89. The Labute approximate surface area is 126 Å². The van der Waals surface area contributed by atoms with Gasteiger partial charge in [0, 0.05) is 12.6 Å². The summed E-state index contributed by atoms with van der Waals surface area (Å²) in [7, 11) is 0.292. The lowest BCUT2D eigenvalue weighted by atomic mass is 10.2. The van der Waals surface area contributed by atoms with Gasteiger partial charge < -0.3 is 10.6 Å². The second-order valence-electron chi connectivity index (χ2n) is 5.08. The molecule has 7 heteroatoms. The Hall–Kier alpha value is -0.660. The molecule has 0 aliphatic rings. The van der Waals surface area contributed by atoms with Crippen molar-refractivity contribution in [2.24, 2.45) is 5.73 Å². The van der Waals surface area contributed by atoms with E-state index in [1.807, 2.05) is 25.9 Å². The molecule has 5 nitrogen and oxygen atoms in total. The molecule has 0 saturated heterocycles. The molecule has 0 spiro atoms. The van der Waals surface area contributed by atoms with Gasteiger partial charge in [0.1, 0.15) is 4.90 Å². The maximum absolute atomic E-state index is 12.3. The van der Waals surface area contributed by atoms with E-state index in [1.54, 1.807) is 12.1 Å². The van der Waals surface area contributed by atoms with Crippen molar-refractivity contribution in [1.29, 1.82) is 0 Å². The zero-order valence-electron chi connectivity index (χ0n) is 12.1. The SMILES string of the molecule is CC(CCN(C)C)NS(=O)(=O)c1ccc(CN)cc1Cl. The fourth-order valence-corrected chi connectivity index (χ4v) is 3.57. The van der Waals surface area contributed by atoms with E-state index in [4.69, 9.17) is 17.3 Å². The topological polar surface area (TPSA) is 75.4 Å². The van der Waals surface area contributed by atoms with Crippen LogP contribution in [0.15, 0.2) is 23.1 Å². The van der Waals surface area contributed by atoms with Crippen LogP contribution in [0, 0.1) is 0 Å². The van der Waals surface area contributed by atoms with E-state index in [0.717, 1.165) is 18.5 Å². The number of nitrogens with two attached hydrogens (primary N) is 1. The highest BCUT2D eigenvalue weighted by molar-refractivity contribution is 7.89. The Bertz CT molecular complexity index is 547. The number of nitrogens with zero attached hydrogens (tertiary/aromatic N) is 1. The van der Waals surface area contributed by atoms with Crippen molar-refractivity contribution in [3.8, 4) is 0 Å². The van der Waals surface area contributed by atoms with Crippen molar-refractivity contribution in [2.75, 3.05) is 20.6 Å². The van der Waals surface area contributed by atoms with Gasteiger partial charge in [0.05, 0.1) is 5.02 Å². The Balaban J connectivity index is 2.83. The molecule has 0 saturated carbocycles. The first-order valence-corrected chi connectivity index (χ1v) is 8.28. The second kappa shape index (κ2) is 7.38. The standard InChI is InChI=1S/C13H22ClN3O2S/c1-10(6-7-17(2)3)16-20(18,19)13-5-4-11(9-15)8-12(13)14/h4-5,8,10,16H,6-7,9,15H2,1-3H3. The normalized spacial score (nSPS) is 13.7. The molecular formula is C13H22ClN3O2S. The van der Waals surface area contributed by atoms with E-state index in [1.165, 1.54) is 6.07 Å². The molecule has 1 aromatic carbocycles. The van der Waals surface area contributed by atoms with Crippen LogP contribution in [0.1, 0.15) is 18.9 Å². The molecule has 1 unspecified atom stereocenters. The molecule has 3 N–H and O–H groups in total. The minimum Gasteiger partial charge on any atom is -0.326 e. The average molecular weight is 320 g/mol. The highest BCUT2D eigenvalue weighted by Gasteiger charge is 2.20. The molecule has 0 fully saturated rings. The predicted octanol–water partition coefficient (Wildman–Crippen LogP) is 1.42. The van der Waals surface area contributed by atoms with Crippen LogP contribution in [0.2, 0.25) is 5.02 Å². The summed E-state index contributed by atoms with van der Waals surface area (Å²) in [4.78, 5) is 2.10. The van der Waals surface area contributed by atoms with Crippen LogP contribution in [-0.2, 0) is 16.6 Å². The van der Waals surface area contributed by atoms with E-state index in [2.05, 4.69) is 4.72 Å². The van der Waals surface area contributed by atoms with Gasteiger partial charge in [0.25, 0.3) is 0 Å². The van der Waals surface area contributed by atoms with E-state index in [0.29, 0.717) is 6.54 Å². The molecule has 0 bridgehead atoms. The summed E-state index contributed by atoms with van der Waals surface area (Å²) >= 11 is 6.02. The lowest BCUT2D eigenvalue weighted by Gasteiger charge is -2.17. The lowest BCUT2D eigenvalue weighted by molar-refractivity contribution is 0.379. The van der Waals surface area contributed by atoms with Crippen LogP contribution in [0.4, 0.5) is 0 Å². The van der Waals surface area contributed by atoms with Gasteiger partial charge in [-0.15, -0.1) is 0 Å². The van der Waals surface area contributed by atoms with Gasteiger partial charge in [-0.25, -0.2) is 13.1 Å². The van der Waals surface area contributed by atoms with Crippen LogP contribution in [-0.4, -0.2) is 40.0 Å². The lowest BCUT2D eigenvalue weighted by Crippen LogP contribution is -2.35. The minimum atomic E-state index is -3.60. The molecule has 0 radical (unpaired) electrons. The minimum absolute atomic E-state index is 0.0908. The summed E-state index contributed by atoms with van der Waals surface area (Å²) in [6.45, 7) is 2.97. The molecule has 0 aliphatic carbocycles. The number of sulfonamides is 1. The second-order valence-corrected chi connectivity index (χ2v) is 7.17. The molecular weight excluding hydrogens is 298 g/mol. The number of hydrogen-bond acceptors (Lipinski definition) is 4. The Morgan fingerprint density at radius 1 is 1.40 bits per heavy atom. The van der Waals surface area contributed by atoms with E-state index < -0.39 is 10.0 Å². The molecule has 20 heavy (non-hydrogen) atoms. The highest BCUT2D eigenvalue weighted by atomic mass is 35.5. The van der Waals surface area contributed by atoms with E-state index in [-0.39, 0.29) is 16.0 Å². The summed E-state index contributed by atoms with van der Waals surface area (Å²) in [6, 6.07) is 4.59. The first kappa shape index (κ1) is 17.4. The monoisotopic (exact) mass is 319 g/mol.